The smallest absolute Gasteiger partial charge is 0.307 e. The van der Waals surface area contributed by atoms with Crippen molar-refractivity contribution in [2.24, 2.45) is 5.73 Å². The number of aliphatic carboxylic acids is 1. The second kappa shape index (κ2) is 8.50. The highest BCUT2D eigenvalue weighted by atomic mass is 16.5. The third kappa shape index (κ3) is 4.33. The van der Waals surface area contributed by atoms with Crippen LogP contribution in [0.3, 0.4) is 0 Å². The zero-order chi connectivity index (χ0) is 20.2. The Labute approximate surface area is 171 Å². The van der Waals surface area contributed by atoms with Crippen LogP contribution in [0.5, 0.6) is 5.75 Å². The van der Waals surface area contributed by atoms with E-state index in [1.54, 1.807) is 6.07 Å². The van der Waals surface area contributed by atoms with Crippen molar-refractivity contribution in [3.8, 4) is 16.9 Å². The van der Waals surface area contributed by atoms with Gasteiger partial charge in [-0.25, -0.2) is 0 Å². The predicted octanol–water partition coefficient (Wildman–Crippen LogP) is 4.51. The SMILES string of the molecule is NCc1cccc(-c2cc(COc3ccccc3CC(=O)O)cc3c2CCC3)c1. The van der Waals surface area contributed by atoms with Crippen molar-refractivity contribution in [3.05, 3.63) is 88.5 Å². The summed E-state index contributed by atoms with van der Waals surface area (Å²) in [6.45, 7) is 0.937. The molecule has 0 unspecified atom stereocenters. The van der Waals surface area contributed by atoms with E-state index in [1.165, 1.54) is 28.7 Å². The lowest BCUT2D eigenvalue weighted by atomic mass is 9.93. The zero-order valence-corrected chi connectivity index (χ0v) is 16.4. The normalized spacial score (nSPS) is 12.6. The van der Waals surface area contributed by atoms with Crippen LogP contribution in [0, 0.1) is 0 Å². The second-order valence-electron chi connectivity index (χ2n) is 7.51. The molecule has 4 heteroatoms. The molecule has 0 aliphatic heterocycles. The van der Waals surface area contributed by atoms with Crippen LogP contribution in [0.25, 0.3) is 11.1 Å². The number of nitrogens with two attached hydrogens (primary N) is 1. The lowest BCUT2D eigenvalue weighted by Gasteiger charge is -2.15. The lowest BCUT2D eigenvalue weighted by molar-refractivity contribution is -0.136. The Balaban J connectivity index is 1.63. The van der Waals surface area contributed by atoms with E-state index in [9.17, 15) is 4.79 Å². The third-order valence-electron chi connectivity index (χ3n) is 5.46. The van der Waals surface area contributed by atoms with E-state index in [2.05, 4.69) is 36.4 Å². The summed E-state index contributed by atoms with van der Waals surface area (Å²) in [4.78, 5) is 11.1. The molecule has 0 aromatic heterocycles. The molecule has 0 atom stereocenters. The highest BCUT2D eigenvalue weighted by Gasteiger charge is 2.18. The van der Waals surface area contributed by atoms with E-state index >= 15 is 0 Å². The summed E-state index contributed by atoms with van der Waals surface area (Å²) < 4.78 is 6.04. The van der Waals surface area contributed by atoms with Gasteiger partial charge in [0.1, 0.15) is 12.4 Å². The first-order chi connectivity index (χ1) is 14.1. The van der Waals surface area contributed by atoms with Crippen LogP contribution in [0.1, 0.15) is 34.2 Å². The number of hydrogen-bond acceptors (Lipinski definition) is 3. The maximum Gasteiger partial charge on any atom is 0.307 e. The number of carbonyl (C=O) groups is 1. The van der Waals surface area contributed by atoms with Crippen LogP contribution < -0.4 is 10.5 Å². The highest BCUT2D eigenvalue weighted by Crippen LogP contribution is 2.34. The van der Waals surface area contributed by atoms with Crippen LogP contribution in [0.2, 0.25) is 0 Å². The monoisotopic (exact) mass is 387 g/mol. The summed E-state index contributed by atoms with van der Waals surface area (Å²) in [7, 11) is 0. The van der Waals surface area contributed by atoms with Gasteiger partial charge in [-0.2, -0.15) is 0 Å². The molecule has 1 aliphatic carbocycles. The Kier molecular flexibility index (Phi) is 5.63. The average Bonchev–Trinajstić information content (AvgIpc) is 3.21. The van der Waals surface area contributed by atoms with Gasteiger partial charge in [-0.15, -0.1) is 0 Å². The number of rotatable bonds is 7. The molecule has 148 valence electrons. The van der Waals surface area contributed by atoms with Gasteiger partial charge < -0.3 is 15.6 Å². The molecule has 1 aliphatic rings. The minimum atomic E-state index is -0.861. The van der Waals surface area contributed by atoms with E-state index < -0.39 is 5.97 Å². The van der Waals surface area contributed by atoms with Crippen LogP contribution in [0.4, 0.5) is 0 Å². The van der Waals surface area contributed by atoms with Gasteiger partial charge in [0, 0.05) is 12.1 Å². The molecule has 3 aromatic rings. The van der Waals surface area contributed by atoms with Gasteiger partial charge in [-0.3, -0.25) is 4.79 Å². The van der Waals surface area contributed by atoms with Crippen LogP contribution in [0.15, 0.2) is 60.7 Å². The van der Waals surface area contributed by atoms with Crippen molar-refractivity contribution >= 4 is 5.97 Å². The molecule has 0 radical (unpaired) electrons. The number of ether oxygens (including phenoxy) is 1. The Morgan fingerprint density at radius 1 is 1.00 bits per heavy atom. The van der Waals surface area contributed by atoms with E-state index in [4.69, 9.17) is 15.6 Å². The molecule has 4 rings (SSSR count). The van der Waals surface area contributed by atoms with Gasteiger partial charge in [0.25, 0.3) is 0 Å². The van der Waals surface area contributed by atoms with Crippen LogP contribution >= 0.6 is 0 Å². The largest absolute Gasteiger partial charge is 0.489 e. The molecule has 3 aromatic carbocycles. The number of hydrogen-bond donors (Lipinski definition) is 2. The molecule has 29 heavy (non-hydrogen) atoms. The maximum absolute atomic E-state index is 11.1. The lowest BCUT2D eigenvalue weighted by Crippen LogP contribution is -2.05. The van der Waals surface area contributed by atoms with E-state index in [0.29, 0.717) is 24.5 Å². The first kappa shape index (κ1) is 19.2. The van der Waals surface area contributed by atoms with Crippen molar-refractivity contribution in [2.75, 3.05) is 0 Å². The van der Waals surface area contributed by atoms with Crippen molar-refractivity contribution < 1.29 is 14.6 Å². The summed E-state index contributed by atoms with van der Waals surface area (Å²) in [5, 5.41) is 9.12. The van der Waals surface area contributed by atoms with Gasteiger partial charge >= 0.3 is 5.97 Å². The molecule has 0 fully saturated rings. The zero-order valence-electron chi connectivity index (χ0n) is 16.4. The molecular formula is C25H25NO3. The second-order valence-corrected chi connectivity index (χ2v) is 7.51. The van der Waals surface area contributed by atoms with Gasteiger partial charge in [0.05, 0.1) is 6.42 Å². The van der Waals surface area contributed by atoms with E-state index in [1.807, 2.05) is 18.2 Å². The number of fused-ring (bicyclic) bond motifs is 1. The molecule has 4 nitrogen and oxygen atoms in total. The van der Waals surface area contributed by atoms with Crippen molar-refractivity contribution in [1.29, 1.82) is 0 Å². The minimum Gasteiger partial charge on any atom is -0.489 e. The van der Waals surface area contributed by atoms with Gasteiger partial charge in [-0.05, 0) is 70.8 Å². The first-order valence-electron chi connectivity index (χ1n) is 10.0. The van der Waals surface area contributed by atoms with Crippen LogP contribution in [-0.4, -0.2) is 11.1 Å². The summed E-state index contributed by atoms with van der Waals surface area (Å²) in [6.07, 6.45) is 3.31. The first-order valence-corrected chi connectivity index (χ1v) is 10.0. The molecule has 0 spiro atoms. The fraction of sp³-hybridized carbons (Fsp3) is 0.240. The quantitative estimate of drug-likeness (QED) is 0.626. The molecule has 0 saturated heterocycles. The number of benzene rings is 3. The van der Waals surface area contributed by atoms with Crippen molar-refractivity contribution in [3.63, 3.8) is 0 Å². The molecular weight excluding hydrogens is 362 g/mol. The number of carboxylic acids is 1. The Morgan fingerprint density at radius 2 is 1.86 bits per heavy atom. The number of para-hydroxylation sites is 1. The molecule has 3 N–H and O–H groups in total. The molecule has 0 amide bonds. The van der Waals surface area contributed by atoms with E-state index in [0.717, 1.165) is 24.0 Å². The Hall–Kier alpha value is -3.11. The Bertz CT molecular complexity index is 1040. The van der Waals surface area contributed by atoms with Crippen molar-refractivity contribution in [2.45, 2.75) is 38.8 Å². The fourth-order valence-electron chi connectivity index (χ4n) is 4.09. The van der Waals surface area contributed by atoms with E-state index in [-0.39, 0.29) is 6.42 Å². The summed E-state index contributed by atoms with van der Waals surface area (Å²) in [5.41, 5.74) is 14.0. The standard InChI is InChI=1S/C25H25NO3/c26-15-17-5-3-7-20(11-17)23-13-18(12-19-8-4-9-22(19)23)16-29-24-10-2-1-6-21(24)14-25(27)28/h1-3,5-7,10-13H,4,8-9,14-16,26H2,(H,27,28). The fourth-order valence-corrected chi connectivity index (χ4v) is 4.09. The summed E-state index contributed by atoms with van der Waals surface area (Å²) in [6, 6.07) is 20.2. The Morgan fingerprint density at radius 3 is 2.69 bits per heavy atom. The van der Waals surface area contributed by atoms with Gasteiger partial charge in [0.2, 0.25) is 0 Å². The average molecular weight is 387 g/mol. The summed E-state index contributed by atoms with van der Waals surface area (Å²) in [5.74, 6) is -0.234. The maximum atomic E-state index is 11.1. The third-order valence-corrected chi connectivity index (χ3v) is 5.46. The topological polar surface area (TPSA) is 72.5 Å². The van der Waals surface area contributed by atoms with Gasteiger partial charge in [0.15, 0.2) is 0 Å². The molecule has 0 saturated carbocycles. The predicted molar refractivity (Wildman–Crippen MR) is 114 cm³/mol. The molecule has 0 bridgehead atoms. The minimum absolute atomic E-state index is 0.0442. The molecule has 0 heterocycles. The highest BCUT2D eigenvalue weighted by molar-refractivity contribution is 5.72. The summed E-state index contributed by atoms with van der Waals surface area (Å²) >= 11 is 0. The number of aryl methyl sites for hydroxylation is 1. The van der Waals surface area contributed by atoms with Gasteiger partial charge in [-0.1, -0.05) is 42.5 Å². The number of carboxylic acid groups (broad SMARTS) is 1. The van der Waals surface area contributed by atoms with Crippen LogP contribution in [-0.2, 0) is 37.2 Å². The van der Waals surface area contributed by atoms with Crippen molar-refractivity contribution in [1.82, 2.24) is 0 Å².